The van der Waals surface area contributed by atoms with Gasteiger partial charge in [0.15, 0.2) is 18.2 Å². The molecule has 0 aromatic carbocycles. The van der Waals surface area contributed by atoms with E-state index in [1.54, 1.807) is 36.7 Å². The maximum absolute atomic E-state index is 11.8. The Bertz CT molecular complexity index is 594. The van der Waals surface area contributed by atoms with Crippen molar-refractivity contribution in [1.82, 2.24) is 4.98 Å². The highest BCUT2D eigenvalue weighted by Gasteiger charge is 2.05. The van der Waals surface area contributed by atoms with E-state index in [2.05, 4.69) is 9.98 Å². The van der Waals surface area contributed by atoms with Gasteiger partial charge >= 0.3 is 0 Å². The predicted octanol–water partition coefficient (Wildman–Crippen LogP) is 0.303. The second kappa shape index (κ2) is 5.72. The van der Waals surface area contributed by atoms with Crippen molar-refractivity contribution >= 4 is 11.6 Å². The standard InChI is InChI=1S/C13H12N4O2/c14-13(11-3-7-17(19)8-4-11)16-9-12(18)10-1-5-15-6-2-10/h1-8H,9H2,(H2,14,16). The Morgan fingerprint density at radius 3 is 2.47 bits per heavy atom. The van der Waals surface area contributed by atoms with Crippen LogP contribution in [0.25, 0.3) is 0 Å². The quantitative estimate of drug-likeness (QED) is 0.280. The van der Waals surface area contributed by atoms with Crippen LogP contribution in [0.4, 0.5) is 0 Å². The van der Waals surface area contributed by atoms with Crippen LogP contribution in [0.15, 0.2) is 54.0 Å². The van der Waals surface area contributed by atoms with E-state index in [0.717, 1.165) is 0 Å². The lowest BCUT2D eigenvalue weighted by Crippen LogP contribution is -2.25. The van der Waals surface area contributed by atoms with Gasteiger partial charge in [-0.1, -0.05) is 0 Å². The molecule has 0 bridgehead atoms. The van der Waals surface area contributed by atoms with Crippen LogP contribution in [0, 0.1) is 5.21 Å². The number of amidine groups is 1. The summed E-state index contributed by atoms with van der Waals surface area (Å²) in [5.74, 6) is 0.0863. The van der Waals surface area contributed by atoms with Gasteiger partial charge in [-0.15, -0.1) is 0 Å². The first-order valence-corrected chi connectivity index (χ1v) is 5.59. The normalized spacial score (nSPS) is 11.3. The van der Waals surface area contributed by atoms with Gasteiger partial charge in [0.25, 0.3) is 0 Å². The molecule has 2 N–H and O–H groups in total. The van der Waals surface area contributed by atoms with Crippen molar-refractivity contribution in [3.8, 4) is 0 Å². The third-order valence-electron chi connectivity index (χ3n) is 2.49. The molecule has 0 spiro atoms. The first-order valence-electron chi connectivity index (χ1n) is 5.59. The highest BCUT2D eigenvalue weighted by atomic mass is 16.5. The van der Waals surface area contributed by atoms with Crippen LogP contribution in [0.5, 0.6) is 0 Å². The Hall–Kier alpha value is -2.76. The first-order chi connectivity index (χ1) is 9.16. The van der Waals surface area contributed by atoms with Crippen molar-refractivity contribution in [3.05, 3.63) is 65.4 Å². The molecule has 0 aliphatic heterocycles. The smallest absolute Gasteiger partial charge is 0.184 e. The third kappa shape index (κ3) is 3.35. The second-order valence-electron chi connectivity index (χ2n) is 3.81. The minimum absolute atomic E-state index is 0.0396. The van der Waals surface area contributed by atoms with Gasteiger partial charge in [0.05, 0.1) is 0 Å². The molecule has 19 heavy (non-hydrogen) atoms. The minimum Gasteiger partial charge on any atom is -0.619 e. The lowest BCUT2D eigenvalue weighted by molar-refractivity contribution is -0.605. The Balaban J connectivity index is 2.06. The zero-order valence-electron chi connectivity index (χ0n) is 10.1. The molecule has 0 atom stereocenters. The van der Waals surface area contributed by atoms with Crippen molar-refractivity contribution in [1.29, 1.82) is 0 Å². The van der Waals surface area contributed by atoms with Crippen LogP contribution in [0.3, 0.4) is 0 Å². The Labute approximate surface area is 109 Å². The summed E-state index contributed by atoms with van der Waals surface area (Å²) in [5, 5.41) is 10.9. The summed E-state index contributed by atoms with van der Waals surface area (Å²) >= 11 is 0. The zero-order chi connectivity index (χ0) is 13.7. The van der Waals surface area contributed by atoms with E-state index in [9.17, 15) is 10.0 Å². The van der Waals surface area contributed by atoms with Crippen LogP contribution in [0.1, 0.15) is 15.9 Å². The van der Waals surface area contributed by atoms with E-state index >= 15 is 0 Å². The minimum atomic E-state index is -0.139. The number of hydrogen-bond donors (Lipinski definition) is 1. The molecule has 0 saturated heterocycles. The van der Waals surface area contributed by atoms with Gasteiger partial charge < -0.3 is 10.9 Å². The van der Waals surface area contributed by atoms with Crippen molar-refractivity contribution < 1.29 is 9.52 Å². The summed E-state index contributed by atoms with van der Waals surface area (Å²) in [6, 6.07) is 6.33. The lowest BCUT2D eigenvalue weighted by Gasteiger charge is -2.01. The fraction of sp³-hybridized carbons (Fsp3) is 0.0769. The number of carbonyl (C=O) groups excluding carboxylic acids is 1. The molecule has 0 saturated carbocycles. The number of Topliss-reactive ketones (excluding diaryl/α,β-unsaturated/α-hetero) is 1. The number of nitrogens with zero attached hydrogens (tertiary/aromatic N) is 3. The van der Waals surface area contributed by atoms with E-state index in [1.807, 2.05) is 0 Å². The Kier molecular flexibility index (Phi) is 3.82. The van der Waals surface area contributed by atoms with Crippen LogP contribution in [0.2, 0.25) is 0 Å². The number of nitrogens with two attached hydrogens (primary N) is 1. The van der Waals surface area contributed by atoms with E-state index in [4.69, 9.17) is 5.73 Å². The van der Waals surface area contributed by atoms with Crippen LogP contribution in [-0.2, 0) is 0 Å². The van der Waals surface area contributed by atoms with Gasteiger partial charge in [0.1, 0.15) is 12.4 Å². The van der Waals surface area contributed by atoms with Crippen molar-refractivity contribution in [2.75, 3.05) is 6.54 Å². The SMILES string of the molecule is NC(=NCC(=O)c1ccncc1)c1cc[n+]([O-])cc1. The van der Waals surface area contributed by atoms with Crippen LogP contribution >= 0.6 is 0 Å². The number of aromatic nitrogens is 2. The van der Waals surface area contributed by atoms with Gasteiger partial charge in [-0.3, -0.25) is 14.8 Å². The third-order valence-corrected chi connectivity index (χ3v) is 2.49. The predicted molar refractivity (Wildman–Crippen MR) is 69.6 cm³/mol. The van der Waals surface area contributed by atoms with E-state index in [-0.39, 0.29) is 18.2 Å². The molecule has 0 amide bonds. The van der Waals surface area contributed by atoms with Crippen molar-refractivity contribution in [2.24, 2.45) is 10.7 Å². The topological polar surface area (TPSA) is 95.3 Å². The van der Waals surface area contributed by atoms with Gasteiger partial charge in [-0.2, -0.15) is 4.73 Å². The van der Waals surface area contributed by atoms with Gasteiger partial charge in [0.2, 0.25) is 0 Å². The van der Waals surface area contributed by atoms with Gasteiger partial charge in [-0.25, -0.2) is 0 Å². The van der Waals surface area contributed by atoms with E-state index in [1.165, 1.54) is 12.4 Å². The summed E-state index contributed by atoms with van der Waals surface area (Å²) in [6.45, 7) is -0.0396. The number of carbonyl (C=O) groups is 1. The summed E-state index contributed by atoms with van der Waals surface area (Å²) < 4.78 is 0.652. The molecule has 2 heterocycles. The van der Waals surface area contributed by atoms with Crippen molar-refractivity contribution in [2.45, 2.75) is 0 Å². The number of rotatable bonds is 4. The largest absolute Gasteiger partial charge is 0.619 e. The lowest BCUT2D eigenvalue weighted by atomic mass is 10.2. The molecular formula is C13H12N4O2. The Morgan fingerprint density at radius 2 is 1.84 bits per heavy atom. The first kappa shape index (κ1) is 12.7. The molecule has 6 heteroatoms. The molecule has 6 nitrogen and oxygen atoms in total. The molecule has 2 aromatic heterocycles. The summed E-state index contributed by atoms with van der Waals surface area (Å²) in [4.78, 5) is 19.6. The average molecular weight is 256 g/mol. The van der Waals surface area contributed by atoms with Gasteiger partial charge in [0, 0.05) is 35.7 Å². The average Bonchev–Trinajstić information content (AvgIpc) is 2.46. The fourth-order valence-electron chi connectivity index (χ4n) is 1.46. The monoisotopic (exact) mass is 256 g/mol. The number of pyridine rings is 2. The summed E-state index contributed by atoms with van der Waals surface area (Å²) in [7, 11) is 0. The summed E-state index contributed by atoms with van der Waals surface area (Å²) in [5.41, 5.74) is 6.89. The molecule has 0 aliphatic rings. The highest BCUT2D eigenvalue weighted by molar-refractivity contribution is 6.02. The fourth-order valence-corrected chi connectivity index (χ4v) is 1.46. The molecule has 0 unspecified atom stereocenters. The highest BCUT2D eigenvalue weighted by Crippen LogP contribution is 2.00. The van der Waals surface area contributed by atoms with Crippen LogP contribution < -0.4 is 10.5 Å². The molecule has 2 aromatic rings. The second-order valence-corrected chi connectivity index (χ2v) is 3.81. The summed E-state index contributed by atoms with van der Waals surface area (Å²) in [6.07, 6.45) is 5.74. The maximum atomic E-state index is 11.8. The Morgan fingerprint density at radius 1 is 1.21 bits per heavy atom. The molecule has 0 radical (unpaired) electrons. The van der Waals surface area contributed by atoms with Crippen LogP contribution in [-0.4, -0.2) is 23.1 Å². The molecule has 2 rings (SSSR count). The van der Waals surface area contributed by atoms with Gasteiger partial charge in [-0.05, 0) is 12.1 Å². The molecule has 0 fully saturated rings. The number of hydrogen-bond acceptors (Lipinski definition) is 4. The molecule has 96 valence electrons. The van der Waals surface area contributed by atoms with E-state index in [0.29, 0.717) is 15.9 Å². The maximum Gasteiger partial charge on any atom is 0.184 e. The number of aliphatic imine (C=N–C) groups is 1. The molecule has 0 aliphatic carbocycles. The number of ketones is 1. The zero-order valence-corrected chi connectivity index (χ0v) is 10.1. The van der Waals surface area contributed by atoms with E-state index < -0.39 is 0 Å². The molecular weight excluding hydrogens is 244 g/mol. The van der Waals surface area contributed by atoms with Crippen molar-refractivity contribution in [3.63, 3.8) is 0 Å².